The molecule has 2 heterocycles. The Labute approximate surface area is 146 Å². The molecule has 0 radical (unpaired) electrons. The molecular weight excluding hydrogens is 310 g/mol. The predicted molar refractivity (Wildman–Crippen MR) is 99.0 cm³/mol. The minimum absolute atomic E-state index is 0.150. The molecule has 2 aromatic carbocycles. The van der Waals surface area contributed by atoms with Crippen molar-refractivity contribution in [2.45, 2.75) is 44.4 Å². The highest BCUT2D eigenvalue weighted by molar-refractivity contribution is 6.10. The van der Waals surface area contributed by atoms with Crippen LogP contribution in [0.1, 0.15) is 48.6 Å². The van der Waals surface area contributed by atoms with Crippen LogP contribution in [0.3, 0.4) is 0 Å². The van der Waals surface area contributed by atoms with E-state index < -0.39 is 0 Å². The van der Waals surface area contributed by atoms with Crippen molar-refractivity contribution in [3.8, 4) is 0 Å². The minimum Gasteiger partial charge on any atom is -0.325 e. The second kappa shape index (κ2) is 4.94. The summed E-state index contributed by atoms with van der Waals surface area (Å²) >= 11 is 0. The summed E-state index contributed by atoms with van der Waals surface area (Å²) in [5.41, 5.74) is 6.46. The molecule has 2 atom stereocenters. The number of rotatable bonds is 3. The summed E-state index contributed by atoms with van der Waals surface area (Å²) in [7, 11) is 0. The number of aryl methyl sites for hydroxylation is 2. The number of carbonyl (C=O) groups excluding carboxylic acids is 1. The maximum absolute atomic E-state index is 12.8. The van der Waals surface area contributed by atoms with Gasteiger partial charge in [-0.25, -0.2) is 0 Å². The lowest BCUT2D eigenvalue weighted by atomic mass is 9.90. The Hall–Kier alpha value is -2.62. The van der Waals surface area contributed by atoms with Gasteiger partial charge in [-0.05, 0) is 48.1 Å². The number of hydrogen-bond donors (Lipinski definition) is 2. The number of H-pyrrole nitrogens is 1. The van der Waals surface area contributed by atoms with E-state index in [4.69, 9.17) is 0 Å². The van der Waals surface area contributed by atoms with Crippen LogP contribution in [0.2, 0.25) is 0 Å². The SMILES string of the molecule is CCc1ccc2c(c1)C1(CC1c1ccc3c(CC)[nH]nc3c1)C(=O)N2. The number of fused-ring (bicyclic) bond motifs is 3. The maximum atomic E-state index is 12.8. The second-order valence-corrected chi connectivity index (χ2v) is 7.25. The fourth-order valence-electron chi connectivity index (χ4n) is 4.43. The summed E-state index contributed by atoms with van der Waals surface area (Å²) in [6.07, 6.45) is 2.82. The molecule has 2 N–H and O–H groups in total. The Morgan fingerprint density at radius 3 is 2.84 bits per heavy atom. The average Bonchev–Trinajstić information content (AvgIpc) is 3.17. The topological polar surface area (TPSA) is 57.8 Å². The summed E-state index contributed by atoms with van der Waals surface area (Å²) in [6, 6.07) is 12.9. The third-order valence-corrected chi connectivity index (χ3v) is 6.00. The summed E-state index contributed by atoms with van der Waals surface area (Å²) in [6.45, 7) is 4.28. The first-order chi connectivity index (χ1) is 12.2. The van der Waals surface area contributed by atoms with Crippen LogP contribution in [0.15, 0.2) is 36.4 Å². The molecule has 5 rings (SSSR count). The van der Waals surface area contributed by atoms with Gasteiger partial charge in [-0.15, -0.1) is 0 Å². The standard InChI is InChI=1S/C21H21N3O/c1-3-12-5-8-18-15(9-12)21(20(25)22-18)11-16(21)13-6-7-14-17(4-2)23-24-19(14)10-13/h5-10,16H,3-4,11H2,1-2H3,(H,22,25)(H,23,24). The van der Waals surface area contributed by atoms with E-state index in [9.17, 15) is 4.79 Å². The first-order valence-corrected chi connectivity index (χ1v) is 9.09. The Kier molecular flexibility index (Phi) is 2.91. The van der Waals surface area contributed by atoms with Crippen LogP contribution in [-0.2, 0) is 23.1 Å². The van der Waals surface area contributed by atoms with E-state index in [0.29, 0.717) is 0 Å². The first kappa shape index (κ1) is 14.7. The van der Waals surface area contributed by atoms with Crippen molar-refractivity contribution in [1.82, 2.24) is 10.2 Å². The zero-order chi connectivity index (χ0) is 17.2. The fourth-order valence-corrected chi connectivity index (χ4v) is 4.43. The molecule has 1 aliphatic heterocycles. The van der Waals surface area contributed by atoms with Crippen LogP contribution in [-0.4, -0.2) is 16.1 Å². The van der Waals surface area contributed by atoms with Crippen LogP contribution in [0, 0.1) is 0 Å². The minimum atomic E-state index is -0.377. The molecular formula is C21H21N3O. The lowest BCUT2D eigenvalue weighted by Crippen LogP contribution is -2.21. The summed E-state index contributed by atoms with van der Waals surface area (Å²) in [4.78, 5) is 12.8. The van der Waals surface area contributed by atoms with E-state index in [-0.39, 0.29) is 17.2 Å². The molecule has 1 aromatic heterocycles. The Morgan fingerprint density at radius 2 is 2.04 bits per heavy atom. The zero-order valence-corrected chi connectivity index (χ0v) is 14.5. The third kappa shape index (κ3) is 1.88. The number of carbonyl (C=O) groups is 1. The number of nitrogens with zero attached hydrogens (tertiary/aromatic N) is 1. The van der Waals surface area contributed by atoms with E-state index in [1.54, 1.807) is 0 Å². The molecule has 1 spiro atoms. The molecule has 1 fully saturated rings. The van der Waals surface area contributed by atoms with Gasteiger partial charge in [0.05, 0.1) is 10.9 Å². The van der Waals surface area contributed by atoms with Crippen molar-refractivity contribution in [2.75, 3.05) is 5.32 Å². The highest BCUT2D eigenvalue weighted by Crippen LogP contribution is 2.65. The molecule has 2 unspecified atom stereocenters. The van der Waals surface area contributed by atoms with Crippen molar-refractivity contribution < 1.29 is 4.79 Å². The second-order valence-electron chi connectivity index (χ2n) is 7.25. The molecule has 2 aliphatic rings. The van der Waals surface area contributed by atoms with E-state index in [0.717, 1.165) is 30.5 Å². The monoisotopic (exact) mass is 331 g/mol. The molecule has 1 aliphatic carbocycles. The van der Waals surface area contributed by atoms with Gasteiger partial charge in [-0.3, -0.25) is 9.89 Å². The summed E-state index contributed by atoms with van der Waals surface area (Å²) < 4.78 is 0. The molecule has 3 aromatic rings. The van der Waals surface area contributed by atoms with Gasteiger partial charge in [0.15, 0.2) is 0 Å². The van der Waals surface area contributed by atoms with Crippen LogP contribution >= 0.6 is 0 Å². The molecule has 1 amide bonds. The van der Waals surface area contributed by atoms with E-state index in [1.807, 2.05) is 0 Å². The number of nitrogens with one attached hydrogen (secondary N) is 2. The zero-order valence-electron chi connectivity index (χ0n) is 14.5. The van der Waals surface area contributed by atoms with Crippen molar-refractivity contribution >= 4 is 22.5 Å². The number of amides is 1. The fraction of sp³-hybridized carbons (Fsp3) is 0.333. The van der Waals surface area contributed by atoms with Crippen LogP contribution in [0.4, 0.5) is 5.69 Å². The van der Waals surface area contributed by atoms with Gasteiger partial charge in [-0.2, -0.15) is 5.10 Å². The molecule has 0 saturated heterocycles. The predicted octanol–water partition coefficient (Wildman–Crippen LogP) is 4.07. The molecule has 25 heavy (non-hydrogen) atoms. The molecule has 126 valence electrons. The molecule has 0 bridgehead atoms. The van der Waals surface area contributed by atoms with Gasteiger partial charge < -0.3 is 5.32 Å². The van der Waals surface area contributed by atoms with E-state index in [2.05, 4.69) is 65.8 Å². The Bertz CT molecular complexity index is 1020. The van der Waals surface area contributed by atoms with Crippen molar-refractivity contribution in [2.24, 2.45) is 0 Å². The normalized spacial score (nSPS) is 23.9. The Balaban J connectivity index is 1.58. The van der Waals surface area contributed by atoms with Crippen LogP contribution in [0.5, 0.6) is 0 Å². The lowest BCUT2D eigenvalue weighted by Gasteiger charge is -2.10. The number of hydrogen-bond acceptors (Lipinski definition) is 2. The lowest BCUT2D eigenvalue weighted by molar-refractivity contribution is -0.118. The third-order valence-electron chi connectivity index (χ3n) is 6.00. The number of aromatic amines is 1. The quantitative estimate of drug-likeness (QED) is 0.760. The van der Waals surface area contributed by atoms with Gasteiger partial charge in [0, 0.05) is 22.7 Å². The van der Waals surface area contributed by atoms with Gasteiger partial charge in [0.2, 0.25) is 5.91 Å². The average molecular weight is 331 g/mol. The van der Waals surface area contributed by atoms with Crippen LogP contribution < -0.4 is 5.32 Å². The van der Waals surface area contributed by atoms with Gasteiger partial charge >= 0.3 is 0 Å². The van der Waals surface area contributed by atoms with Crippen LogP contribution in [0.25, 0.3) is 10.9 Å². The van der Waals surface area contributed by atoms with Crippen molar-refractivity contribution in [3.05, 3.63) is 58.8 Å². The highest BCUT2D eigenvalue weighted by Gasteiger charge is 2.65. The van der Waals surface area contributed by atoms with Crippen molar-refractivity contribution in [1.29, 1.82) is 0 Å². The van der Waals surface area contributed by atoms with E-state index in [1.165, 1.54) is 27.8 Å². The van der Waals surface area contributed by atoms with Gasteiger partial charge in [0.25, 0.3) is 0 Å². The number of anilines is 1. The number of benzene rings is 2. The highest BCUT2D eigenvalue weighted by atomic mass is 16.2. The summed E-state index contributed by atoms with van der Waals surface area (Å²) in [5.74, 6) is 0.393. The molecule has 4 nitrogen and oxygen atoms in total. The smallest absolute Gasteiger partial charge is 0.235 e. The van der Waals surface area contributed by atoms with Gasteiger partial charge in [-0.1, -0.05) is 38.1 Å². The van der Waals surface area contributed by atoms with E-state index >= 15 is 0 Å². The first-order valence-electron chi connectivity index (χ1n) is 9.09. The van der Waals surface area contributed by atoms with Crippen molar-refractivity contribution in [3.63, 3.8) is 0 Å². The number of aromatic nitrogens is 2. The molecule has 4 heteroatoms. The summed E-state index contributed by atoms with van der Waals surface area (Å²) in [5, 5.41) is 11.8. The largest absolute Gasteiger partial charge is 0.325 e. The molecule has 1 saturated carbocycles. The Morgan fingerprint density at radius 1 is 1.16 bits per heavy atom. The maximum Gasteiger partial charge on any atom is 0.235 e. The van der Waals surface area contributed by atoms with Gasteiger partial charge in [0.1, 0.15) is 0 Å².